The molecule has 0 N–H and O–H groups in total. The van der Waals surface area contributed by atoms with Crippen molar-refractivity contribution in [2.24, 2.45) is 0 Å². The van der Waals surface area contributed by atoms with Gasteiger partial charge in [-0.2, -0.15) is 5.26 Å². The third-order valence-corrected chi connectivity index (χ3v) is 5.11. The summed E-state index contributed by atoms with van der Waals surface area (Å²) in [5.41, 5.74) is 1.43. The van der Waals surface area contributed by atoms with E-state index in [2.05, 4.69) is 27.9 Å². The minimum Gasteiger partial charge on any atom is -0.353 e. The van der Waals surface area contributed by atoms with Gasteiger partial charge in [0.2, 0.25) is 5.91 Å². The summed E-state index contributed by atoms with van der Waals surface area (Å²) in [5.74, 6) is 0.989. The summed E-state index contributed by atoms with van der Waals surface area (Å²) in [5, 5.41) is 11.9. The molecule has 24 heavy (non-hydrogen) atoms. The van der Waals surface area contributed by atoms with Gasteiger partial charge in [0.25, 0.3) is 0 Å². The number of anilines is 1. The predicted octanol–water partition coefficient (Wildman–Crippen LogP) is 1.86. The Morgan fingerprint density at radius 2 is 2.12 bits per heavy atom. The van der Waals surface area contributed by atoms with E-state index in [0.717, 1.165) is 36.0 Å². The van der Waals surface area contributed by atoms with Gasteiger partial charge in [-0.05, 0) is 18.6 Å². The standard InChI is InChI=1S/C17H19N5OS/c1-2-16-20-14(12-24-16)9-17(23)22-7-5-21(6-8-22)15-4-3-13(10-18)11-19-15/h3-4,11-12H,2,5-9H2,1H3. The monoisotopic (exact) mass is 341 g/mol. The van der Waals surface area contributed by atoms with Crippen LogP contribution in [0.4, 0.5) is 5.82 Å². The average molecular weight is 341 g/mol. The maximum absolute atomic E-state index is 12.4. The Labute approximate surface area is 145 Å². The molecule has 124 valence electrons. The van der Waals surface area contributed by atoms with Crippen molar-refractivity contribution in [1.82, 2.24) is 14.9 Å². The van der Waals surface area contributed by atoms with Crippen molar-refractivity contribution in [2.45, 2.75) is 19.8 Å². The number of amides is 1. The van der Waals surface area contributed by atoms with Crippen molar-refractivity contribution in [3.8, 4) is 6.07 Å². The highest BCUT2D eigenvalue weighted by Gasteiger charge is 2.22. The number of hydrogen-bond acceptors (Lipinski definition) is 6. The highest BCUT2D eigenvalue weighted by Crippen LogP contribution is 2.16. The van der Waals surface area contributed by atoms with E-state index < -0.39 is 0 Å². The third-order valence-electron chi connectivity index (χ3n) is 4.07. The van der Waals surface area contributed by atoms with Crippen LogP contribution in [0.5, 0.6) is 0 Å². The Bertz CT molecular complexity index is 741. The Morgan fingerprint density at radius 1 is 1.33 bits per heavy atom. The molecule has 2 aromatic heterocycles. The van der Waals surface area contributed by atoms with Crippen molar-refractivity contribution >= 4 is 23.1 Å². The third kappa shape index (κ3) is 3.71. The van der Waals surface area contributed by atoms with Crippen LogP contribution in [0.3, 0.4) is 0 Å². The van der Waals surface area contributed by atoms with Gasteiger partial charge in [-0.1, -0.05) is 6.92 Å². The molecule has 0 bridgehead atoms. The zero-order valence-electron chi connectivity index (χ0n) is 13.6. The largest absolute Gasteiger partial charge is 0.353 e. The molecular weight excluding hydrogens is 322 g/mol. The lowest BCUT2D eigenvalue weighted by molar-refractivity contribution is -0.130. The number of thiazole rings is 1. The van der Waals surface area contributed by atoms with Crippen LogP contribution in [0.1, 0.15) is 23.2 Å². The van der Waals surface area contributed by atoms with Gasteiger partial charge in [-0.25, -0.2) is 9.97 Å². The number of hydrogen-bond donors (Lipinski definition) is 0. The molecule has 3 heterocycles. The lowest BCUT2D eigenvalue weighted by atomic mass is 10.2. The molecule has 0 radical (unpaired) electrons. The number of pyridine rings is 1. The van der Waals surface area contributed by atoms with Crippen molar-refractivity contribution in [3.05, 3.63) is 40.0 Å². The summed E-state index contributed by atoms with van der Waals surface area (Å²) in [6.07, 6.45) is 2.88. The van der Waals surface area contributed by atoms with Gasteiger partial charge in [0.15, 0.2) is 0 Å². The molecule has 1 fully saturated rings. The molecule has 1 aliphatic heterocycles. The summed E-state index contributed by atoms with van der Waals surface area (Å²) < 4.78 is 0. The second-order valence-corrected chi connectivity index (χ2v) is 6.59. The number of piperazine rings is 1. The molecule has 1 saturated heterocycles. The molecule has 1 aliphatic rings. The first kappa shape index (κ1) is 16.4. The van der Waals surface area contributed by atoms with Gasteiger partial charge < -0.3 is 9.80 Å². The van der Waals surface area contributed by atoms with Crippen LogP contribution >= 0.6 is 11.3 Å². The van der Waals surface area contributed by atoms with Crippen molar-refractivity contribution in [2.75, 3.05) is 31.1 Å². The Kier molecular flexibility index (Phi) is 5.06. The van der Waals surface area contributed by atoms with Crippen LogP contribution in [0.25, 0.3) is 0 Å². The van der Waals surface area contributed by atoms with Crippen LogP contribution in [0.2, 0.25) is 0 Å². The zero-order chi connectivity index (χ0) is 16.9. The highest BCUT2D eigenvalue weighted by atomic mass is 32.1. The first-order valence-corrected chi connectivity index (χ1v) is 8.89. The Morgan fingerprint density at radius 3 is 2.71 bits per heavy atom. The smallest absolute Gasteiger partial charge is 0.228 e. The van der Waals surface area contributed by atoms with Gasteiger partial charge in [0.1, 0.15) is 11.9 Å². The summed E-state index contributed by atoms with van der Waals surface area (Å²) in [6, 6.07) is 5.70. The van der Waals surface area contributed by atoms with Crippen LogP contribution < -0.4 is 4.90 Å². The molecule has 0 atom stereocenters. The SMILES string of the molecule is CCc1nc(CC(=O)N2CCN(c3ccc(C#N)cn3)CC2)cs1. The maximum Gasteiger partial charge on any atom is 0.228 e. The molecule has 0 unspecified atom stereocenters. The van der Waals surface area contributed by atoms with Gasteiger partial charge in [-0.15, -0.1) is 11.3 Å². The number of nitriles is 1. The number of aryl methyl sites for hydroxylation is 1. The quantitative estimate of drug-likeness (QED) is 0.849. The highest BCUT2D eigenvalue weighted by molar-refractivity contribution is 7.09. The zero-order valence-corrected chi connectivity index (χ0v) is 14.4. The van der Waals surface area contributed by atoms with E-state index in [1.807, 2.05) is 16.3 Å². The molecule has 0 saturated carbocycles. The van der Waals surface area contributed by atoms with E-state index in [9.17, 15) is 4.79 Å². The van der Waals surface area contributed by atoms with E-state index >= 15 is 0 Å². The van der Waals surface area contributed by atoms with E-state index in [-0.39, 0.29) is 5.91 Å². The van der Waals surface area contributed by atoms with Crippen molar-refractivity contribution in [3.63, 3.8) is 0 Å². The van der Waals surface area contributed by atoms with Crippen LogP contribution in [-0.4, -0.2) is 47.0 Å². The molecule has 3 rings (SSSR count). The molecule has 0 aliphatic carbocycles. The first-order valence-electron chi connectivity index (χ1n) is 8.01. The first-order chi connectivity index (χ1) is 11.7. The predicted molar refractivity (Wildman–Crippen MR) is 92.9 cm³/mol. The summed E-state index contributed by atoms with van der Waals surface area (Å²) in [4.78, 5) is 25.2. The van der Waals surface area contributed by atoms with E-state index in [4.69, 9.17) is 5.26 Å². The summed E-state index contributed by atoms with van der Waals surface area (Å²) in [6.45, 7) is 4.95. The van der Waals surface area contributed by atoms with E-state index in [1.54, 1.807) is 23.6 Å². The minimum atomic E-state index is 0.135. The van der Waals surface area contributed by atoms with Crippen molar-refractivity contribution < 1.29 is 4.79 Å². The Balaban J connectivity index is 1.54. The molecule has 6 nitrogen and oxygen atoms in total. The summed E-state index contributed by atoms with van der Waals surface area (Å²) in [7, 11) is 0. The molecule has 0 spiro atoms. The fraction of sp³-hybridized carbons (Fsp3) is 0.412. The number of aromatic nitrogens is 2. The average Bonchev–Trinajstić information content (AvgIpc) is 3.09. The number of carbonyl (C=O) groups excluding carboxylic acids is 1. The lowest BCUT2D eigenvalue weighted by Crippen LogP contribution is -2.49. The second-order valence-electron chi connectivity index (χ2n) is 5.65. The fourth-order valence-corrected chi connectivity index (χ4v) is 3.43. The van der Waals surface area contributed by atoms with Crippen LogP contribution in [0, 0.1) is 11.3 Å². The van der Waals surface area contributed by atoms with Crippen LogP contribution in [-0.2, 0) is 17.6 Å². The topological polar surface area (TPSA) is 73.1 Å². The maximum atomic E-state index is 12.4. The normalized spacial score (nSPS) is 14.5. The van der Waals surface area contributed by atoms with E-state index in [1.165, 1.54) is 0 Å². The fourth-order valence-electron chi connectivity index (χ4n) is 2.68. The number of rotatable bonds is 4. The molecule has 1 amide bonds. The van der Waals surface area contributed by atoms with Crippen molar-refractivity contribution in [1.29, 1.82) is 5.26 Å². The molecular formula is C17H19N5OS. The van der Waals surface area contributed by atoms with Gasteiger partial charge in [0, 0.05) is 37.8 Å². The molecule has 7 heteroatoms. The van der Waals surface area contributed by atoms with Crippen LogP contribution in [0.15, 0.2) is 23.7 Å². The van der Waals surface area contributed by atoms with Gasteiger partial charge in [0.05, 0.1) is 22.7 Å². The minimum absolute atomic E-state index is 0.135. The second kappa shape index (κ2) is 7.41. The van der Waals surface area contributed by atoms with Gasteiger partial charge >= 0.3 is 0 Å². The summed E-state index contributed by atoms with van der Waals surface area (Å²) >= 11 is 1.62. The number of nitrogens with zero attached hydrogens (tertiary/aromatic N) is 5. The molecule has 2 aromatic rings. The number of carbonyl (C=O) groups is 1. The lowest BCUT2D eigenvalue weighted by Gasteiger charge is -2.35. The van der Waals surface area contributed by atoms with E-state index in [0.29, 0.717) is 25.1 Å². The Hall–Kier alpha value is -2.46. The molecule has 0 aromatic carbocycles. The van der Waals surface area contributed by atoms with Gasteiger partial charge in [-0.3, -0.25) is 4.79 Å².